The van der Waals surface area contributed by atoms with Crippen molar-refractivity contribution in [3.63, 3.8) is 0 Å². The third kappa shape index (κ3) is 2.69. The molecular formula is C10H20N2O. The van der Waals surface area contributed by atoms with Gasteiger partial charge in [0.1, 0.15) is 0 Å². The van der Waals surface area contributed by atoms with E-state index < -0.39 is 0 Å². The maximum absolute atomic E-state index is 11.8. The molecule has 0 radical (unpaired) electrons. The van der Waals surface area contributed by atoms with Crippen LogP contribution in [0.3, 0.4) is 0 Å². The first-order valence-corrected chi connectivity index (χ1v) is 5.19. The summed E-state index contributed by atoms with van der Waals surface area (Å²) in [4.78, 5) is 13.7. The van der Waals surface area contributed by atoms with E-state index in [1.165, 1.54) is 0 Å². The van der Waals surface area contributed by atoms with Gasteiger partial charge in [-0.25, -0.2) is 0 Å². The van der Waals surface area contributed by atoms with E-state index in [0.29, 0.717) is 0 Å². The lowest BCUT2D eigenvalue weighted by Gasteiger charge is -2.20. The van der Waals surface area contributed by atoms with Gasteiger partial charge in [0.05, 0.1) is 0 Å². The minimum Gasteiger partial charge on any atom is -0.341 e. The van der Waals surface area contributed by atoms with Crippen molar-refractivity contribution in [3.8, 4) is 0 Å². The highest BCUT2D eigenvalue weighted by molar-refractivity contribution is 5.78. The molecule has 1 saturated heterocycles. The number of amides is 1. The molecule has 1 fully saturated rings. The number of likely N-dealkylation sites (tertiary alicyclic amines) is 1. The van der Waals surface area contributed by atoms with E-state index >= 15 is 0 Å². The SMILES string of the molecule is CCCC(C)C(=O)N1CCC(N)C1. The first-order valence-electron chi connectivity index (χ1n) is 5.19. The lowest BCUT2D eigenvalue weighted by atomic mass is 10.1. The van der Waals surface area contributed by atoms with Crippen molar-refractivity contribution in [3.05, 3.63) is 0 Å². The van der Waals surface area contributed by atoms with Gasteiger partial charge >= 0.3 is 0 Å². The number of nitrogens with zero attached hydrogens (tertiary/aromatic N) is 1. The molecule has 1 aliphatic rings. The van der Waals surface area contributed by atoms with Crippen LogP contribution in [0.1, 0.15) is 33.1 Å². The Labute approximate surface area is 80.3 Å². The van der Waals surface area contributed by atoms with E-state index in [-0.39, 0.29) is 17.9 Å². The number of nitrogens with two attached hydrogens (primary N) is 1. The Morgan fingerprint density at radius 3 is 2.85 bits per heavy atom. The van der Waals surface area contributed by atoms with Crippen molar-refractivity contribution in [1.82, 2.24) is 4.90 Å². The van der Waals surface area contributed by atoms with Crippen molar-refractivity contribution < 1.29 is 4.79 Å². The quantitative estimate of drug-likeness (QED) is 0.710. The lowest BCUT2D eigenvalue weighted by Crippen LogP contribution is -2.35. The molecule has 2 unspecified atom stereocenters. The van der Waals surface area contributed by atoms with Crippen molar-refractivity contribution in [2.75, 3.05) is 13.1 Å². The minimum absolute atomic E-state index is 0.176. The molecule has 2 atom stereocenters. The van der Waals surface area contributed by atoms with Crippen LogP contribution in [0.4, 0.5) is 0 Å². The predicted octanol–water partition coefficient (Wildman–Crippen LogP) is 0.982. The summed E-state index contributed by atoms with van der Waals surface area (Å²) < 4.78 is 0. The zero-order valence-corrected chi connectivity index (χ0v) is 8.62. The van der Waals surface area contributed by atoms with Crippen LogP contribution >= 0.6 is 0 Å². The van der Waals surface area contributed by atoms with Crippen LogP contribution in [0.5, 0.6) is 0 Å². The molecule has 0 aromatic rings. The van der Waals surface area contributed by atoms with E-state index in [0.717, 1.165) is 32.4 Å². The summed E-state index contributed by atoms with van der Waals surface area (Å²) in [6, 6.07) is 0.206. The molecule has 76 valence electrons. The summed E-state index contributed by atoms with van der Waals surface area (Å²) in [6.07, 6.45) is 3.03. The van der Waals surface area contributed by atoms with Gasteiger partial charge < -0.3 is 10.6 Å². The van der Waals surface area contributed by atoms with Crippen molar-refractivity contribution >= 4 is 5.91 Å². The third-order valence-corrected chi connectivity index (χ3v) is 2.68. The Morgan fingerprint density at radius 2 is 2.38 bits per heavy atom. The van der Waals surface area contributed by atoms with Gasteiger partial charge in [0.2, 0.25) is 5.91 Å². The number of rotatable bonds is 3. The molecule has 13 heavy (non-hydrogen) atoms. The van der Waals surface area contributed by atoms with Gasteiger partial charge in [-0.05, 0) is 12.8 Å². The van der Waals surface area contributed by atoms with E-state index in [1.807, 2.05) is 11.8 Å². The lowest BCUT2D eigenvalue weighted by molar-refractivity contribution is -0.134. The third-order valence-electron chi connectivity index (χ3n) is 2.68. The predicted molar refractivity (Wildman–Crippen MR) is 53.2 cm³/mol. The first-order chi connectivity index (χ1) is 6.15. The molecule has 1 aliphatic heterocycles. The summed E-state index contributed by atoms with van der Waals surface area (Å²) >= 11 is 0. The van der Waals surface area contributed by atoms with Crippen LogP contribution in [-0.4, -0.2) is 29.9 Å². The second kappa shape index (κ2) is 4.61. The van der Waals surface area contributed by atoms with Gasteiger partial charge in [-0.15, -0.1) is 0 Å². The van der Waals surface area contributed by atoms with Crippen molar-refractivity contribution in [2.45, 2.75) is 39.2 Å². The molecule has 3 nitrogen and oxygen atoms in total. The highest BCUT2D eigenvalue weighted by Crippen LogP contribution is 2.14. The van der Waals surface area contributed by atoms with Gasteiger partial charge in [0, 0.05) is 25.0 Å². The van der Waals surface area contributed by atoms with Crippen LogP contribution in [-0.2, 0) is 4.79 Å². The molecule has 1 amide bonds. The topological polar surface area (TPSA) is 46.3 Å². The Bertz CT molecular complexity index is 182. The molecule has 0 aliphatic carbocycles. The Kier molecular flexibility index (Phi) is 3.72. The number of carbonyl (C=O) groups is 1. The number of carbonyl (C=O) groups excluding carboxylic acids is 1. The summed E-state index contributed by atoms with van der Waals surface area (Å²) in [5, 5.41) is 0. The van der Waals surface area contributed by atoms with E-state index in [1.54, 1.807) is 0 Å². The molecule has 0 spiro atoms. The number of hydrogen-bond acceptors (Lipinski definition) is 2. The summed E-state index contributed by atoms with van der Waals surface area (Å²) in [6.45, 7) is 5.73. The first kappa shape index (κ1) is 10.5. The smallest absolute Gasteiger partial charge is 0.225 e. The molecule has 2 N–H and O–H groups in total. The standard InChI is InChI=1S/C10H20N2O/c1-3-4-8(2)10(13)12-6-5-9(11)7-12/h8-9H,3-7,11H2,1-2H3. The van der Waals surface area contributed by atoms with Crippen molar-refractivity contribution in [2.24, 2.45) is 11.7 Å². The van der Waals surface area contributed by atoms with E-state index in [4.69, 9.17) is 5.73 Å². The van der Waals surface area contributed by atoms with Crippen LogP contribution in [0.2, 0.25) is 0 Å². The maximum atomic E-state index is 11.8. The van der Waals surface area contributed by atoms with Crippen LogP contribution in [0, 0.1) is 5.92 Å². The molecule has 0 aromatic carbocycles. The molecule has 3 heteroatoms. The monoisotopic (exact) mass is 184 g/mol. The maximum Gasteiger partial charge on any atom is 0.225 e. The summed E-state index contributed by atoms with van der Waals surface area (Å²) in [7, 11) is 0. The average Bonchev–Trinajstić information content (AvgIpc) is 2.51. The largest absolute Gasteiger partial charge is 0.341 e. The fourth-order valence-electron chi connectivity index (χ4n) is 1.86. The van der Waals surface area contributed by atoms with Gasteiger partial charge in [-0.1, -0.05) is 20.3 Å². The minimum atomic E-state index is 0.176. The molecule has 1 heterocycles. The number of hydrogen-bond donors (Lipinski definition) is 1. The Morgan fingerprint density at radius 1 is 1.69 bits per heavy atom. The highest BCUT2D eigenvalue weighted by Gasteiger charge is 2.26. The zero-order valence-electron chi connectivity index (χ0n) is 8.62. The van der Waals surface area contributed by atoms with E-state index in [2.05, 4.69) is 6.92 Å². The van der Waals surface area contributed by atoms with Gasteiger partial charge in [0.15, 0.2) is 0 Å². The van der Waals surface area contributed by atoms with E-state index in [9.17, 15) is 4.79 Å². The summed E-state index contributed by atoms with van der Waals surface area (Å²) in [5.41, 5.74) is 5.74. The zero-order chi connectivity index (χ0) is 9.84. The van der Waals surface area contributed by atoms with Gasteiger partial charge in [-0.3, -0.25) is 4.79 Å². The molecule has 0 aromatic heterocycles. The fraction of sp³-hybridized carbons (Fsp3) is 0.900. The van der Waals surface area contributed by atoms with Crippen LogP contribution in [0.15, 0.2) is 0 Å². The summed E-state index contributed by atoms with van der Waals surface area (Å²) in [5.74, 6) is 0.463. The Hall–Kier alpha value is -0.570. The normalized spacial score (nSPS) is 24.8. The highest BCUT2D eigenvalue weighted by atomic mass is 16.2. The average molecular weight is 184 g/mol. The van der Waals surface area contributed by atoms with Gasteiger partial charge in [0.25, 0.3) is 0 Å². The van der Waals surface area contributed by atoms with Gasteiger partial charge in [-0.2, -0.15) is 0 Å². The fourth-order valence-corrected chi connectivity index (χ4v) is 1.86. The Balaban J connectivity index is 2.38. The second-order valence-corrected chi connectivity index (χ2v) is 4.02. The molecular weight excluding hydrogens is 164 g/mol. The van der Waals surface area contributed by atoms with Crippen molar-refractivity contribution in [1.29, 1.82) is 0 Å². The van der Waals surface area contributed by atoms with Crippen LogP contribution in [0.25, 0.3) is 0 Å². The van der Waals surface area contributed by atoms with Crippen LogP contribution < -0.4 is 5.73 Å². The molecule has 0 bridgehead atoms. The second-order valence-electron chi connectivity index (χ2n) is 4.02. The molecule has 1 rings (SSSR count). The molecule has 0 saturated carbocycles.